The average Bonchev–Trinajstić information content (AvgIpc) is 3.03. The quantitative estimate of drug-likeness (QED) is 0.928. The van der Waals surface area contributed by atoms with Gasteiger partial charge in [0.15, 0.2) is 0 Å². The van der Waals surface area contributed by atoms with Crippen molar-refractivity contribution in [2.45, 2.75) is 58.8 Å². The Morgan fingerprint density at radius 2 is 2.24 bits per heavy atom. The van der Waals surface area contributed by atoms with Crippen LogP contribution in [0.4, 0.5) is 4.79 Å². The lowest BCUT2D eigenvalue weighted by atomic mass is 10.2. The fourth-order valence-electron chi connectivity index (χ4n) is 2.47. The van der Waals surface area contributed by atoms with Gasteiger partial charge in [0.05, 0.1) is 0 Å². The molecular weight excluding hydrogens is 266 g/mol. The summed E-state index contributed by atoms with van der Waals surface area (Å²) in [5.74, 6) is 0. The number of hydrogen-bond donors (Lipinski definition) is 1. The van der Waals surface area contributed by atoms with Gasteiger partial charge < -0.3 is 19.5 Å². The Hall–Kier alpha value is -1.49. The highest BCUT2D eigenvalue weighted by Gasteiger charge is 2.29. The molecule has 5 heteroatoms. The van der Waals surface area contributed by atoms with E-state index in [0.717, 1.165) is 32.6 Å². The highest BCUT2D eigenvalue weighted by atomic mass is 16.6. The van der Waals surface area contributed by atoms with E-state index in [9.17, 15) is 4.79 Å². The van der Waals surface area contributed by atoms with E-state index in [1.54, 1.807) is 4.90 Å². The smallest absolute Gasteiger partial charge is 0.410 e. The molecule has 0 saturated carbocycles. The normalized spacial score (nSPS) is 19.0. The SMILES string of the molecule is CCn1ccc(CNC2CCN(C(=O)OC(C)(C)C)C2)c1. The lowest BCUT2D eigenvalue weighted by Crippen LogP contribution is -2.38. The Balaban J connectivity index is 1.76. The fourth-order valence-corrected chi connectivity index (χ4v) is 2.47. The van der Waals surface area contributed by atoms with Crippen LogP contribution in [0.5, 0.6) is 0 Å². The second kappa shape index (κ2) is 6.52. The molecule has 0 aromatic carbocycles. The van der Waals surface area contributed by atoms with Gasteiger partial charge in [-0.1, -0.05) is 0 Å². The number of likely N-dealkylation sites (tertiary alicyclic amines) is 1. The number of nitrogens with zero attached hydrogens (tertiary/aromatic N) is 2. The van der Waals surface area contributed by atoms with E-state index >= 15 is 0 Å². The third-order valence-electron chi connectivity index (χ3n) is 3.61. The van der Waals surface area contributed by atoms with Gasteiger partial charge >= 0.3 is 6.09 Å². The van der Waals surface area contributed by atoms with Gasteiger partial charge in [-0.15, -0.1) is 0 Å². The molecule has 1 aliphatic heterocycles. The number of rotatable bonds is 4. The number of hydrogen-bond acceptors (Lipinski definition) is 3. The van der Waals surface area contributed by atoms with Gasteiger partial charge in [0.2, 0.25) is 0 Å². The zero-order valence-corrected chi connectivity index (χ0v) is 13.6. The fraction of sp³-hybridized carbons (Fsp3) is 0.688. The third kappa shape index (κ3) is 4.77. The second-order valence-corrected chi connectivity index (χ2v) is 6.64. The molecule has 1 unspecified atom stereocenters. The summed E-state index contributed by atoms with van der Waals surface area (Å²) >= 11 is 0. The maximum absolute atomic E-state index is 12.0. The molecule has 1 aromatic rings. The summed E-state index contributed by atoms with van der Waals surface area (Å²) in [5.41, 5.74) is 0.860. The van der Waals surface area contributed by atoms with E-state index in [1.807, 2.05) is 20.8 Å². The van der Waals surface area contributed by atoms with E-state index in [1.165, 1.54) is 5.56 Å². The molecule has 1 saturated heterocycles. The van der Waals surface area contributed by atoms with Crippen molar-refractivity contribution in [2.24, 2.45) is 0 Å². The van der Waals surface area contributed by atoms with E-state index in [-0.39, 0.29) is 6.09 Å². The Morgan fingerprint density at radius 3 is 2.86 bits per heavy atom. The maximum atomic E-state index is 12.0. The van der Waals surface area contributed by atoms with Crippen molar-refractivity contribution in [1.82, 2.24) is 14.8 Å². The van der Waals surface area contributed by atoms with Crippen molar-refractivity contribution >= 4 is 6.09 Å². The summed E-state index contributed by atoms with van der Waals surface area (Å²) in [6.07, 6.45) is 5.03. The van der Waals surface area contributed by atoms with Gasteiger partial charge in [-0.05, 0) is 45.7 Å². The molecule has 1 aliphatic rings. The predicted octanol–water partition coefficient (Wildman–Crippen LogP) is 2.61. The highest BCUT2D eigenvalue weighted by Crippen LogP contribution is 2.15. The van der Waals surface area contributed by atoms with Crippen molar-refractivity contribution in [3.8, 4) is 0 Å². The van der Waals surface area contributed by atoms with Gasteiger partial charge in [0, 0.05) is 44.6 Å². The Morgan fingerprint density at radius 1 is 1.48 bits per heavy atom. The molecule has 2 heterocycles. The topological polar surface area (TPSA) is 46.5 Å². The molecule has 5 nitrogen and oxygen atoms in total. The number of ether oxygens (including phenoxy) is 1. The van der Waals surface area contributed by atoms with Crippen LogP contribution < -0.4 is 5.32 Å². The molecule has 0 bridgehead atoms. The Kier molecular flexibility index (Phi) is 4.93. The van der Waals surface area contributed by atoms with Crippen molar-refractivity contribution in [3.63, 3.8) is 0 Å². The van der Waals surface area contributed by atoms with E-state index < -0.39 is 5.60 Å². The lowest BCUT2D eigenvalue weighted by Gasteiger charge is -2.24. The standard InChI is InChI=1S/C16H27N3O2/c1-5-18-8-6-13(11-18)10-17-14-7-9-19(12-14)15(20)21-16(2,3)4/h6,8,11,14,17H,5,7,9-10,12H2,1-4H3. The highest BCUT2D eigenvalue weighted by molar-refractivity contribution is 5.68. The van der Waals surface area contributed by atoms with Crippen LogP contribution >= 0.6 is 0 Å². The Bertz CT molecular complexity index is 476. The molecule has 1 fully saturated rings. The van der Waals surface area contributed by atoms with E-state index in [2.05, 4.69) is 35.3 Å². The zero-order chi connectivity index (χ0) is 15.5. The van der Waals surface area contributed by atoms with Crippen molar-refractivity contribution in [2.75, 3.05) is 13.1 Å². The second-order valence-electron chi connectivity index (χ2n) is 6.64. The van der Waals surface area contributed by atoms with Crippen LogP contribution in [-0.2, 0) is 17.8 Å². The largest absolute Gasteiger partial charge is 0.444 e. The minimum atomic E-state index is -0.425. The first kappa shape index (κ1) is 15.9. The molecule has 1 amide bonds. The summed E-state index contributed by atoms with van der Waals surface area (Å²) in [6, 6.07) is 2.49. The van der Waals surface area contributed by atoms with Crippen LogP contribution in [0.1, 0.15) is 39.7 Å². The van der Waals surface area contributed by atoms with Crippen LogP contribution in [-0.4, -0.2) is 40.3 Å². The monoisotopic (exact) mass is 293 g/mol. The number of carbonyl (C=O) groups is 1. The van der Waals surface area contributed by atoms with Gasteiger partial charge in [-0.25, -0.2) is 4.79 Å². The number of amides is 1. The van der Waals surface area contributed by atoms with Gasteiger partial charge in [0.1, 0.15) is 5.60 Å². The molecule has 1 N–H and O–H groups in total. The predicted molar refractivity (Wildman–Crippen MR) is 83.2 cm³/mol. The van der Waals surface area contributed by atoms with Crippen LogP contribution in [0.2, 0.25) is 0 Å². The van der Waals surface area contributed by atoms with Crippen molar-refractivity contribution < 1.29 is 9.53 Å². The van der Waals surface area contributed by atoms with Crippen LogP contribution in [0.25, 0.3) is 0 Å². The lowest BCUT2D eigenvalue weighted by molar-refractivity contribution is 0.0291. The average molecular weight is 293 g/mol. The van der Waals surface area contributed by atoms with Gasteiger partial charge in [0.25, 0.3) is 0 Å². The number of carbonyl (C=O) groups excluding carboxylic acids is 1. The van der Waals surface area contributed by atoms with Crippen LogP contribution in [0.3, 0.4) is 0 Å². The number of aryl methyl sites for hydroxylation is 1. The zero-order valence-electron chi connectivity index (χ0n) is 13.6. The molecular formula is C16H27N3O2. The molecule has 0 aliphatic carbocycles. The Labute approximate surface area is 127 Å². The van der Waals surface area contributed by atoms with Crippen molar-refractivity contribution in [3.05, 3.63) is 24.0 Å². The molecule has 0 spiro atoms. The van der Waals surface area contributed by atoms with Crippen LogP contribution in [0, 0.1) is 0 Å². The molecule has 2 rings (SSSR count). The maximum Gasteiger partial charge on any atom is 0.410 e. The minimum Gasteiger partial charge on any atom is -0.444 e. The van der Waals surface area contributed by atoms with Gasteiger partial charge in [-0.2, -0.15) is 0 Å². The first-order chi connectivity index (χ1) is 9.87. The first-order valence-corrected chi connectivity index (χ1v) is 7.73. The molecule has 1 aromatic heterocycles. The van der Waals surface area contributed by atoms with Crippen molar-refractivity contribution in [1.29, 1.82) is 0 Å². The molecule has 118 valence electrons. The van der Waals surface area contributed by atoms with Crippen LogP contribution in [0.15, 0.2) is 18.5 Å². The minimum absolute atomic E-state index is 0.205. The third-order valence-corrected chi connectivity index (χ3v) is 3.61. The molecule has 21 heavy (non-hydrogen) atoms. The summed E-state index contributed by atoms with van der Waals surface area (Å²) in [7, 11) is 0. The van der Waals surface area contributed by atoms with E-state index in [4.69, 9.17) is 4.74 Å². The number of nitrogens with one attached hydrogen (secondary N) is 1. The van der Waals surface area contributed by atoms with E-state index in [0.29, 0.717) is 6.04 Å². The summed E-state index contributed by atoms with van der Waals surface area (Å²) in [6.45, 7) is 11.2. The first-order valence-electron chi connectivity index (χ1n) is 7.73. The summed E-state index contributed by atoms with van der Waals surface area (Å²) in [4.78, 5) is 13.8. The summed E-state index contributed by atoms with van der Waals surface area (Å²) < 4.78 is 7.57. The molecule has 1 atom stereocenters. The molecule has 0 radical (unpaired) electrons. The van der Waals surface area contributed by atoms with Gasteiger partial charge in [-0.3, -0.25) is 0 Å². The summed E-state index contributed by atoms with van der Waals surface area (Å²) in [5, 5.41) is 3.52. The number of aromatic nitrogens is 1.